The lowest BCUT2D eigenvalue weighted by molar-refractivity contribution is 0.436. The molecule has 1 aromatic carbocycles. The van der Waals surface area contributed by atoms with Crippen LogP contribution in [0, 0.1) is 0 Å². The zero-order valence-corrected chi connectivity index (χ0v) is 8.49. The first kappa shape index (κ1) is 8.43. The monoisotopic (exact) mass is 217 g/mol. The summed E-state index contributed by atoms with van der Waals surface area (Å²) in [5, 5.41) is 3.65. The van der Waals surface area contributed by atoms with Crippen molar-refractivity contribution in [2.75, 3.05) is 5.73 Å². The molecule has 2 N–H and O–H groups in total. The predicted molar refractivity (Wildman–Crippen MR) is 59.5 cm³/mol. The van der Waals surface area contributed by atoms with Gasteiger partial charge in [-0.3, -0.25) is 0 Å². The number of rotatable bonds is 1. The molecule has 0 aliphatic heterocycles. The Morgan fingerprint density at radius 3 is 3.00 bits per heavy atom. The first-order valence-electron chi connectivity index (χ1n) is 4.39. The van der Waals surface area contributed by atoms with Gasteiger partial charge < -0.3 is 10.3 Å². The van der Waals surface area contributed by atoms with Gasteiger partial charge in [-0.25, -0.2) is 4.98 Å². The Hall–Kier alpha value is -1.88. The SMILES string of the molecule is Nc1cc(-c2ccc3ncsc3c2)on1. The molecule has 0 unspecified atom stereocenters. The van der Waals surface area contributed by atoms with Crippen LogP contribution in [0.1, 0.15) is 0 Å². The van der Waals surface area contributed by atoms with Gasteiger partial charge in [-0.05, 0) is 18.2 Å². The maximum atomic E-state index is 5.49. The van der Waals surface area contributed by atoms with Gasteiger partial charge in [0.1, 0.15) is 0 Å². The van der Waals surface area contributed by atoms with Gasteiger partial charge in [0.15, 0.2) is 11.6 Å². The van der Waals surface area contributed by atoms with E-state index in [0.29, 0.717) is 11.6 Å². The highest BCUT2D eigenvalue weighted by molar-refractivity contribution is 7.16. The smallest absolute Gasteiger partial charge is 0.169 e. The summed E-state index contributed by atoms with van der Waals surface area (Å²) in [4.78, 5) is 4.21. The Labute approximate surface area is 89.3 Å². The number of anilines is 1. The van der Waals surface area contributed by atoms with Crippen molar-refractivity contribution in [2.24, 2.45) is 0 Å². The van der Waals surface area contributed by atoms with Crippen molar-refractivity contribution in [3.8, 4) is 11.3 Å². The van der Waals surface area contributed by atoms with Gasteiger partial charge in [0, 0.05) is 11.6 Å². The number of thiazole rings is 1. The van der Waals surface area contributed by atoms with Crippen molar-refractivity contribution >= 4 is 27.4 Å². The van der Waals surface area contributed by atoms with Crippen LogP contribution in [-0.4, -0.2) is 10.1 Å². The third kappa shape index (κ3) is 1.37. The van der Waals surface area contributed by atoms with E-state index in [0.717, 1.165) is 15.8 Å². The molecule has 2 heterocycles. The van der Waals surface area contributed by atoms with Crippen LogP contribution in [0.5, 0.6) is 0 Å². The lowest BCUT2D eigenvalue weighted by Crippen LogP contribution is -1.80. The highest BCUT2D eigenvalue weighted by atomic mass is 32.1. The highest BCUT2D eigenvalue weighted by Gasteiger charge is 2.06. The molecule has 0 amide bonds. The van der Waals surface area contributed by atoms with Crippen molar-refractivity contribution in [2.45, 2.75) is 0 Å². The molecule has 2 aromatic heterocycles. The van der Waals surface area contributed by atoms with Crippen molar-refractivity contribution in [3.05, 3.63) is 29.8 Å². The van der Waals surface area contributed by atoms with Crippen LogP contribution in [0.15, 0.2) is 34.3 Å². The van der Waals surface area contributed by atoms with E-state index in [-0.39, 0.29) is 0 Å². The quantitative estimate of drug-likeness (QED) is 0.680. The van der Waals surface area contributed by atoms with Crippen molar-refractivity contribution < 1.29 is 4.52 Å². The van der Waals surface area contributed by atoms with E-state index in [1.165, 1.54) is 0 Å². The maximum Gasteiger partial charge on any atom is 0.169 e. The summed E-state index contributed by atoms with van der Waals surface area (Å²) in [5.74, 6) is 1.08. The van der Waals surface area contributed by atoms with Gasteiger partial charge >= 0.3 is 0 Å². The van der Waals surface area contributed by atoms with Crippen LogP contribution in [0.3, 0.4) is 0 Å². The van der Waals surface area contributed by atoms with E-state index < -0.39 is 0 Å². The van der Waals surface area contributed by atoms with Crippen LogP contribution in [0.4, 0.5) is 5.82 Å². The second-order valence-corrected chi connectivity index (χ2v) is 4.04. The van der Waals surface area contributed by atoms with E-state index in [2.05, 4.69) is 10.1 Å². The first-order valence-corrected chi connectivity index (χ1v) is 5.27. The van der Waals surface area contributed by atoms with Gasteiger partial charge in [-0.15, -0.1) is 11.3 Å². The number of aromatic nitrogens is 2. The van der Waals surface area contributed by atoms with Gasteiger partial charge in [0.25, 0.3) is 0 Å². The molecule has 74 valence electrons. The fraction of sp³-hybridized carbons (Fsp3) is 0. The fourth-order valence-electron chi connectivity index (χ4n) is 1.43. The Balaban J connectivity index is 2.18. The van der Waals surface area contributed by atoms with Crippen LogP contribution >= 0.6 is 11.3 Å². The zero-order chi connectivity index (χ0) is 10.3. The summed E-state index contributed by atoms with van der Waals surface area (Å²) >= 11 is 1.60. The molecule has 15 heavy (non-hydrogen) atoms. The number of hydrogen-bond donors (Lipinski definition) is 1. The van der Waals surface area contributed by atoms with Crippen molar-refractivity contribution in [1.29, 1.82) is 0 Å². The lowest BCUT2D eigenvalue weighted by Gasteiger charge is -1.94. The lowest BCUT2D eigenvalue weighted by atomic mass is 10.1. The number of hydrogen-bond acceptors (Lipinski definition) is 5. The molecule has 0 bridgehead atoms. The van der Waals surface area contributed by atoms with Crippen molar-refractivity contribution in [3.63, 3.8) is 0 Å². The topological polar surface area (TPSA) is 64.9 Å². The molecule has 0 radical (unpaired) electrons. The summed E-state index contributed by atoms with van der Waals surface area (Å²) in [6.07, 6.45) is 0. The minimum absolute atomic E-state index is 0.398. The van der Waals surface area contributed by atoms with E-state index in [1.807, 2.05) is 23.7 Å². The summed E-state index contributed by atoms with van der Waals surface area (Å²) in [5.41, 5.74) is 9.28. The van der Waals surface area contributed by atoms with E-state index in [4.69, 9.17) is 10.3 Å². The molecular weight excluding hydrogens is 210 g/mol. The molecule has 0 fully saturated rings. The maximum absolute atomic E-state index is 5.49. The summed E-state index contributed by atoms with van der Waals surface area (Å²) in [7, 11) is 0. The molecule has 0 atom stereocenters. The second-order valence-electron chi connectivity index (χ2n) is 3.15. The zero-order valence-electron chi connectivity index (χ0n) is 7.68. The molecule has 0 aliphatic carbocycles. The van der Waals surface area contributed by atoms with Gasteiger partial charge in [-0.1, -0.05) is 5.16 Å². The summed E-state index contributed by atoms with van der Waals surface area (Å²) in [6, 6.07) is 7.64. The summed E-state index contributed by atoms with van der Waals surface area (Å²) in [6.45, 7) is 0. The van der Waals surface area contributed by atoms with Crippen molar-refractivity contribution in [1.82, 2.24) is 10.1 Å². The average molecular weight is 217 g/mol. The minimum Gasteiger partial charge on any atom is -0.381 e. The van der Waals surface area contributed by atoms with Gasteiger partial charge in [0.05, 0.1) is 15.7 Å². The van der Waals surface area contributed by atoms with Gasteiger partial charge in [-0.2, -0.15) is 0 Å². The molecule has 3 aromatic rings. The first-order chi connectivity index (χ1) is 7.33. The largest absolute Gasteiger partial charge is 0.381 e. The van der Waals surface area contributed by atoms with Crippen LogP contribution in [-0.2, 0) is 0 Å². The Kier molecular flexibility index (Phi) is 1.72. The molecule has 0 spiro atoms. The molecule has 0 saturated heterocycles. The third-order valence-corrected chi connectivity index (χ3v) is 2.94. The second kappa shape index (κ2) is 3.06. The molecular formula is C10H7N3OS. The molecule has 4 nitrogen and oxygen atoms in total. The van der Waals surface area contributed by atoms with Crippen LogP contribution < -0.4 is 5.73 Å². The molecule has 3 rings (SSSR count). The Morgan fingerprint density at radius 1 is 1.27 bits per heavy atom. The average Bonchev–Trinajstić information content (AvgIpc) is 2.84. The minimum atomic E-state index is 0.398. The van der Waals surface area contributed by atoms with E-state index >= 15 is 0 Å². The Morgan fingerprint density at radius 2 is 2.20 bits per heavy atom. The number of benzene rings is 1. The normalized spacial score (nSPS) is 10.9. The molecule has 0 saturated carbocycles. The number of fused-ring (bicyclic) bond motifs is 1. The fourth-order valence-corrected chi connectivity index (χ4v) is 2.15. The molecule has 5 heteroatoms. The van der Waals surface area contributed by atoms with Crippen LogP contribution in [0.25, 0.3) is 21.5 Å². The predicted octanol–water partition coefficient (Wildman–Crippen LogP) is 2.53. The number of nitrogens with two attached hydrogens (primary N) is 1. The molecule has 0 aliphatic rings. The van der Waals surface area contributed by atoms with Gasteiger partial charge in [0.2, 0.25) is 0 Å². The van der Waals surface area contributed by atoms with Crippen LogP contribution in [0.2, 0.25) is 0 Å². The van der Waals surface area contributed by atoms with E-state index in [9.17, 15) is 0 Å². The third-order valence-electron chi connectivity index (χ3n) is 2.14. The highest BCUT2D eigenvalue weighted by Crippen LogP contribution is 2.26. The van der Waals surface area contributed by atoms with E-state index in [1.54, 1.807) is 17.4 Å². The summed E-state index contributed by atoms with van der Waals surface area (Å²) < 4.78 is 6.21. The number of nitrogen functional groups attached to an aromatic ring is 1. The standard InChI is InChI=1S/C10H7N3OS/c11-10-4-8(14-13-10)6-1-2-7-9(3-6)15-5-12-7/h1-5H,(H2,11,13). The number of nitrogens with zero attached hydrogens (tertiary/aromatic N) is 2. The Bertz CT molecular complexity index is 614.